The summed E-state index contributed by atoms with van der Waals surface area (Å²) in [5.41, 5.74) is 0.996. The molecule has 2 N–H and O–H groups in total. The molecule has 1 aromatic rings. The highest BCUT2D eigenvalue weighted by Gasteiger charge is 2.21. The highest BCUT2D eigenvalue weighted by atomic mass is 127. The maximum Gasteiger partial charge on any atom is 0.224 e. The number of amides is 1. The first-order chi connectivity index (χ1) is 14.1. The standard InChI is InChI=1S/C21H34FN5O2.HI/c1-3-23-21(24-11-5-17-29-4-2)25-12-10-20(28)27-15-13-26(14-16-27)19-8-6-18(22)7-9-19;/h6-9H,3-5,10-17H2,1-2H3,(H2,23,24,25);1H. The van der Waals surface area contributed by atoms with E-state index < -0.39 is 0 Å². The summed E-state index contributed by atoms with van der Waals surface area (Å²) in [4.78, 5) is 21.1. The van der Waals surface area contributed by atoms with Crippen molar-refractivity contribution in [3.05, 3.63) is 30.1 Å². The lowest BCUT2D eigenvalue weighted by Gasteiger charge is -2.36. The molecule has 30 heavy (non-hydrogen) atoms. The van der Waals surface area contributed by atoms with Crippen LogP contribution in [0, 0.1) is 5.82 Å². The minimum atomic E-state index is -0.232. The summed E-state index contributed by atoms with van der Waals surface area (Å²) < 4.78 is 18.4. The number of nitrogens with one attached hydrogen (secondary N) is 2. The molecule has 0 atom stereocenters. The normalized spacial score (nSPS) is 14.3. The Morgan fingerprint density at radius 3 is 2.47 bits per heavy atom. The van der Waals surface area contributed by atoms with Gasteiger partial charge in [0.05, 0.1) is 0 Å². The topological polar surface area (TPSA) is 69.2 Å². The monoisotopic (exact) mass is 535 g/mol. The van der Waals surface area contributed by atoms with Crippen LogP contribution in [-0.4, -0.2) is 75.8 Å². The molecular weight excluding hydrogens is 500 g/mol. The second kappa shape index (κ2) is 15.2. The number of hydrogen-bond donors (Lipinski definition) is 2. The molecule has 9 heteroatoms. The van der Waals surface area contributed by atoms with E-state index in [4.69, 9.17) is 4.74 Å². The molecule has 1 saturated heterocycles. The quantitative estimate of drug-likeness (QED) is 0.209. The highest BCUT2D eigenvalue weighted by Crippen LogP contribution is 2.17. The number of benzene rings is 1. The molecule has 0 saturated carbocycles. The number of rotatable bonds is 10. The van der Waals surface area contributed by atoms with E-state index in [0.29, 0.717) is 39.2 Å². The van der Waals surface area contributed by atoms with Crippen LogP contribution in [0.3, 0.4) is 0 Å². The Balaban J connectivity index is 0.00000450. The summed E-state index contributed by atoms with van der Waals surface area (Å²) in [5, 5.41) is 6.42. The van der Waals surface area contributed by atoms with Gasteiger partial charge in [0.15, 0.2) is 5.96 Å². The van der Waals surface area contributed by atoms with Gasteiger partial charge in [-0.1, -0.05) is 0 Å². The van der Waals surface area contributed by atoms with Gasteiger partial charge in [0.2, 0.25) is 5.91 Å². The van der Waals surface area contributed by atoms with Crippen molar-refractivity contribution in [1.82, 2.24) is 15.5 Å². The van der Waals surface area contributed by atoms with Gasteiger partial charge in [-0.15, -0.1) is 24.0 Å². The number of nitrogens with zero attached hydrogens (tertiary/aromatic N) is 3. The van der Waals surface area contributed by atoms with Gasteiger partial charge in [0, 0.05) is 71.1 Å². The maximum absolute atomic E-state index is 13.1. The Hall–Kier alpha value is -1.62. The molecule has 1 amide bonds. The van der Waals surface area contributed by atoms with Crippen molar-refractivity contribution >= 4 is 41.5 Å². The van der Waals surface area contributed by atoms with E-state index in [1.165, 1.54) is 12.1 Å². The fourth-order valence-electron chi connectivity index (χ4n) is 3.16. The third kappa shape index (κ3) is 9.46. The zero-order chi connectivity index (χ0) is 20.9. The van der Waals surface area contributed by atoms with E-state index in [9.17, 15) is 9.18 Å². The van der Waals surface area contributed by atoms with Gasteiger partial charge in [-0.25, -0.2) is 4.39 Å². The number of halogens is 2. The lowest BCUT2D eigenvalue weighted by atomic mass is 10.2. The minimum Gasteiger partial charge on any atom is -0.382 e. The first-order valence-corrected chi connectivity index (χ1v) is 10.5. The molecule has 0 bridgehead atoms. The number of hydrogen-bond acceptors (Lipinski definition) is 4. The molecule has 0 spiro atoms. The molecule has 7 nitrogen and oxygen atoms in total. The summed E-state index contributed by atoms with van der Waals surface area (Å²) in [7, 11) is 0. The van der Waals surface area contributed by atoms with E-state index in [-0.39, 0.29) is 35.7 Å². The van der Waals surface area contributed by atoms with Crippen LogP contribution in [0.5, 0.6) is 0 Å². The smallest absolute Gasteiger partial charge is 0.224 e. The molecule has 170 valence electrons. The number of piperazine rings is 1. The molecule has 1 aliphatic heterocycles. The summed E-state index contributed by atoms with van der Waals surface area (Å²) in [6, 6.07) is 6.51. The summed E-state index contributed by atoms with van der Waals surface area (Å²) >= 11 is 0. The third-order valence-electron chi connectivity index (χ3n) is 4.72. The van der Waals surface area contributed by atoms with Gasteiger partial charge in [-0.05, 0) is 44.5 Å². The number of guanidine groups is 1. The molecule has 0 aromatic heterocycles. The van der Waals surface area contributed by atoms with E-state index in [1.807, 2.05) is 18.7 Å². The van der Waals surface area contributed by atoms with Crippen LogP contribution >= 0.6 is 24.0 Å². The highest BCUT2D eigenvalue weighted by molar-refractivity contribution is 14.0. The van der Waals surface area contributed by atoms with Gasteiger partial charge >= 0.3 is 0 Å². The van der Waals surface area contributed by atoms with Gasteiger partial charge < -0.3 is 25.2 Å². The van der Waals surface area contributed by atoms with Gasteiger partial charge in [0.25, 0.3) is 0 Å². The van der Waals surface area contributed by atoms with Crippen molar-refractivity contribution in [2.75, 3.05) is 63.9 Å². The average Bonchev–Trinajstić information content (AvgIpc) is 2.74. The van der Waals surface area contributed by atoms with Crippen LogP contribution in [0.1, 0.15) is 26.7 Å². The zero-order valence-electron chi connectivity index (χ0n) is 18.0. The van der Waals surface area contributed by atoms with Crippen LogP contribution in [0.15, 0.2) is 29.3 Å². The number of anilines is 1. The van der Waals surface area contributed by atoms with Crippen LogP contribution < -0.4 is 15.5 Å². The molecule has 1 aliphatic rings. The summed E-state index contributed by atoms with van der Waals surface area (Å²) in [6.45, 7) is 10.3. The zero-order valence-corrected chi connectivity index (χ0v) is 20.4. The molecule has 1 fully saturated rings. The van der Waals surface area contributed by atoms with Crippen LogP contribution in [0.25, 0.3) is 0 Å². The van der Waals surface area contributed by atoms with E-state index in [0.717, 1.165) is 44.3 Å². The molecule has 2 rings (SSSR count). The first kappa shape index (κ1) is 26.4. The predicted molar refractivity (Wildman–Crippen MR) is 130 cm³/mol. The molecule has 0 radical (unpaired) electrons. The van der Waals surface area contributed by atoms with Crippen molar-refractivity contribution in [3.63, 3.8) is 0 Å². The van der Waals surface area contributed by atoms with Crippen LogP contribution in [0.4, 0.5) is 10.1 Å². The number of ether oxygens (including phenoxy) is 1. The number of carbonyl (C=O) groups excluding carboxylic acids is 1. The molecule has 0 aliphatic carbocycles. The molecule has 1 aromatic carbocycles. The van der Waals surface area contributed by atoms with Crippen molar-refractivity contribution in [3.8, 4) is 0 Å². The SMILES string of the molecule is CCNC(=NCCCOCC)NCCC(=O)N1CCN(c2ccc(F)cc2)CC1.I. The molecule has 1 heterocycles. The Kier molecular flexibility index (Phi) is 13.4. The first-order valence-electron chi connectivity index (χ1n) is 10.5. The summed E-state index contributed by atoms with van der Waals surface area (Å²) in [6.07, 6.45) is 1.31. The van der Waals surface area contributed by atoms with Crippen molar-refractivity contribution in [1.29, 1.82) is 0 Å². The van der Waals surface area contributed by atoms with Crippen molar-refractivity contribution < 1.29 is 13.9 Å². The largest absolute Gasteiger partial charge is 0.382 e. The van der Waals surface area contributed by atoms with Crippen molar-refractivity contribution in [2.45, 2.75) is 26.7 Å². The fourth-order valence-corrected chi connectivity index (χ4v) is 3.16. The van der Waals surface area contributed by atoms with E-state index >= 15 is 0 Å². The Morgan fingerprint density at radius 2 is 1.83 bits per heavy atom. The van der Waals surface area contributed by atoms with Gasteiger partial charge in [-0.3, -0.25) is 9.79 Å². The second-order valence-corrected chi connectivity index (χ2v) is 6.83. The van der Waals surface area contributed by atoms with Crippen LogP contribution in [-0.2, 0) is 9.53 Å². The fraction of sp³-hybridized carbons (Fsp3) is 0.619. The number of aliphatic imine (C=N–C) groups is 1. The number of carbonyl (C=O) groups is 1. The van der Waals surface area contributed by atoms with Gasteiger partial charge in [-0.2, -0.15) is 0 Å². The van der Waals surface area contributed by atoms with Gasteiger partial charge in [0.1, 0.15) is 5.82 Å². The Labute approximate surface area is 196 Å². The third-order valence-corrected chi connectivity index (χ3v) is 4.72. The Morgan fingerprint density at radius 1 is 1.13 bits per heavy atom. The molecular formula is C21H35FIN5O2. The Bertz CT molecular complexity index is 637. The van der Waals surface area contributed by atoms with E-state index in [1.54, 1.807) is 12.1 Å². The lowest BCUT2D eigenvalue weighted by Crippen LogP contribution is -2.49. The second-order valence-electron chi connectivity index (χ2n) is 6.83. The molecule has 0 unspecified atom stereocenters. The van der Waals surface area contributed by atoms with Crippen molar-refractivity contribution in [2.24, 2.45) is 4.99 Å². The van der Waals surface area contributed by atoms with Crippen LogP contribution in [0.2, 0.25) is 0 Å². The minimum absolute atomic E-state index is 0. The summed E-state index contributed by atoms with van der Waals surface area (Å²) in [5.74, 6) is 0.645. The lowest BCUT2D eigenvalue weighted by molar-refractivity contribution is -0.131. The van der Waals surface area contributed by atoms with E-state index in [2.05, 4.69) is 20.5 Å². The predicted octanol–water partition coefficient (Wildman–Crippen LogP) is 2.46. The average molecular weight is 535 g/mol. The maximum atomic E-state index is 13.1.